The van der Waals surface area contributed by atoms with Gasteiger partial charge in [0.15, 0.2) is 6.10 Å². The number of hydrogen-bond donors (Lipinski definition) is 0. The van der Waals surface area contributed by atoms with Gasteiger partial charge in [-0.1, -0.05) is 278 Å². The third-order valence-corrected chi connectivity index (χ3v) is 13.3. The predicted octanol–water partition coefficient (Wildman–Crippen LogP) is 21.4. The first kappa shape index (κ1) is 71.1. The summed E-state index contributed by atoms with van der Waals surface area (Å²) in [7, 11) is 0. The molecule has 0 aromatic rings. The van der Waals surface area contributed by atoms with Crippen molar-refractivity contribution in [3.05, 3.63) is 109 Å². The SMILES string of the molecule is CC/C=C\C/C=C\C/C=C\C/C=C\C/C=C\CCCCCC(=O)OC(COC(=O)CCCC/C=C\C/C=C\C/C=C\C/C=C\CC)COC(=O)CCCCCCCCCCCCCCCCCCCCCCCCC. The van der Waals surface area contributed by atoms with E-state index in [1.54, 1.807) is 0 Å². The Labute approximate surface area is 463 Å². The molecule has 0 spiro atoms. The molecule has 0 aromatic heterocycles. The number of ether oxygens (including phenoxy) is 3. The molecule has 0 aliphatic rings. The lowest BCUT2D eigenvalue weighted by molar-refractivity contribution is -0.167. The summed E-state index contributed by atoms with van der Waals surface area (Å²) < 4.78 is 16.9. The summed E-state index contributed by atoms with van der Waals surface area (Å²) in [6.45, 7) is 6.37. The number of carbonyl (C=O) groups excluding carboxylic acids is 3. The van der Waals surface area contributed by atoms with E-state index in [-0.39, 0.29) is 37.5 Å². The zero-order chi connectivity index (χ0) is 54.3. The zero-order valence-electron chi connectivity index (χ0n) is 49.0. The second-order valence-electron chi connectivity index (χ2n) is 20.6. The molecule has 0 saturated heterocycles. The van der Waals surface area contributed by atoms with Gasteiger partial charge in [-0.15, -0.1) is 0 Å². The quantitative estimate of drug-likeness (QED) is 0.0261. The number of allylic oxidation sites excluding steroid dienone is 18. The van der Waals surface area contributed by atoms with Crippen molar-refractivity contribution in [2.75, 3.05) is 13.2 Å². The van der Waals surface area contributed by atoms with Gasteiger partial charge in [0, 0.05) is 19.3 Å². The molecule has 6 heteroatoms. The molecule has 6 nitrogen and oxygen atoms in total. The van der Waals surface area contributed by atoms with Crippen molar-refractivity contribution in [3.8, 4) is 0 Å². The summed E-state index contributed by atoms with van der Waals surface area (Å²) in [6.07, 6.45) is 85.3. The average Bonchev–Trinajstić information content (AvgIpc) is 3.41. The van der Waals surface area contributed by atoms with Crippen molar-refractivity contribution < 1.29 is 28.6 Å². The fraction of sp³-hybridized carbons (Fsp3) is 0.696. The Balaban J connectivity index is 4.42. The third-order valence-electron chi connectivity index (χ3n) is 13.3. The molecule has 75 heavy (non-hydrogen) atoms. The van der Waals surface area contributed by atoms with Crippen molar-refractivity contribution in [1.29, 1.82) is 0 Å². The van der Waals surface area contributed by atoms with Gasteiger partial charge in [0.25, 0.3) is 0 Å². The van der Waals surface area contributed by atoms with Gasteiger partial charge in [-0.25, -0.2) is 0 Å². The van der Waals surface area contributed by atoms with Crippen molar-refractivity contribution in [3.63, 3.8) is 0 Å². The fourth-order valence-corrected chi connectivity index (χ4v) is 8.64. The first-order chi connectivity index (χ1) is 37.0. The fourth-order valence-electron chi connectivity index (χ4n) is 8.64. The summed E-state index contributed by atoms with van der Waals surface area (Å²) in [5.41, 5.74) is 0. The lowest BCUT2D eigenvalue weighted by atomic mass is 10.0. The van der Waals surface area contributed by atoms with Crippen molar-refractivity contribution in [2.45, 2.75) is 297 Å². The maximum atomic E-state index is 12.9. The topological polar surface area (TPSA) is 78.9 Å². The molecule has 0 rings (SSSR count). The average molecular weight is 1040 g/mol. The van der Waals surface area contributed by atoms with Crippen molar-refractivity contribution in [2.24, 2.45) is 0 Å². The smallest absolute Gasteiger partial charge is 0.306 e. The second-order valence-corrected chi connectivity index (χ2v) is 20.6. The van der Waals surface area contributed by atoms with E-state index in [2.05, 4.69) is 130 Å². The Kier molecular flexibility index (Phi) is 59.3. The number of esters is 3. The summed E-state index contributed by atoms with van der Waals surface area (Å²) in [5, 5.41) is 0. The van der Waals surface area contributed by atoms with Crippen LogP contribution in [0.4, 0.5) is 0 Å². The summed E-state index contributed by atoms with van der Waals surface area (Å²) >= 11 is 0. The van der Waals surface area contributed by atoms with E-state index in [4.69, 9.17) is 14.2 Å². The molecule has 1 atom stereocenters. The summed E-state index contributed by atoms with van der Waals surface area (Å²) in [4.78, 5) is 38.3. The standard InChI is InChI=1S/C69H116O6/c1-4-7-10-13-16-19-22-25-28-30-32-33-34-35-37-38-41-44-47-50-53-56-59-62-68(71)74-65-66(64-73-67(70)61-58-55-52-49-46-43-40-27-24-21-18-15-12-9-6-3)75-69(72)63-60-57-54-51-48-45-42-39-36-31-29-26-23-20-17-14-11-8-5-2/h8-9,11-12,17-18,20-21,26-27,29,36,39-40,45-46,48-49,66H,4-7,10,13-16,19,22-25,28,30-35,37-38,41-44,47,50-65H2,1-3H3/b11-8-,12-9-,20-17-,21-18-,29-26-,39-36-,40-27-,48-45-,49-46-. The normalized spacial score (nSPS) is 12.8. The van der Waals surface area contributed by atoms with E-state index in [0.717, 1.165) is 116 Å². The number of hydrogen-bond acceptors (Lipinski definition) is 6. The van der Waals surface area contributed by atoms with Crippen LogP contribution in [0.5, 0.6) is 0 Å². The first-order valence-electron chi connectivity index (χ1n) is 31.4. The lowest BCUT2D eigenvalue weighted by Gasteiger charge is -2.18. The van der Waals surface area contributed by atoms with Crippen molar-refractivity contribution >= 4 is 17.9 Å². The molecular formula is C69H116O6. The van der Waals surface area contributed by atoms with Crippen molar-refractivity contribution in [1.82, 2.24) is 0 Å². The van der Waals surface area contributed by atoms with Gasteiger partial charge in [-0.05, 0) is 103 Å². The van der Waals surface area contributed by atoms with Crippen LogP contribution in [0.1, 0.15) is 290 Å². The molecule has 0 fully saturated rings. The lowest BCUT2D eigenvalue weighted by Crippen LogP contribution is -2.30. The molecule has 0 radical (unpaired) electrons. The zero-order valence-corrected chi connectivity index (χ0v) is 49.0. The molecule has 0 aliphatic heterocycles. The van der Waals surface area contributed by atoms with Gasteiger partial charge < -0.3 is 14.2 Å². The molecule has 0 bridgehead atoms. The predicted molar refractivity (Wildman–Crippen MR) is 325 cm³/mol. The van der Waals surface area contributed by atoms with Crippen LogP contribution >= 0.6 is 0 Å². The molecule has 428 valence electrons. The maximum absolute atomic E-state index is 12.9. The van der Waals surface area contributed by atoms with E-state index in [1.807, 2.05) is 0 Å². The highest BCUT2D eigenvalue weighted by Gasteiger charge is 2.19. The highest BCUT2D eigenvalue weighted by atomic mass is 16.6. The van der Waals surface area contributed by atoms with Gasteiger partial charge in [0.05, 0.1) is 0 Å². The Morgan fingerprint density at radius 1 is 0.280 bits per heavy atom. The highest BCUT2D eigenvalue weighted by molar-refractivity contribution is 5.71. The highest BCUT2D eigenvalue weighted by Crippen LogP contribution is 2.17. The van der Waals surface area contributed by atoms with Crippen LogP contribution < -0.4 is 0 Å². The molecule has 0 aliphatic carbocycles. The van der Waals surface area contributed by atoms with E-state index in [9.17, 15) is 14.4 Å². The van der Waals surface area contributed by atoms with E-state index in [0.29, 0.717) is 19.3 Å². The van der Waals surface area contributed by atoms with Gasteiger partial charge in [0.1, 0.15) is 13.2 Å². The second kappa shape index (κ2) is 62.6. The third kappa shape index (κ3) is 60.8. The van der Waals surface area contributed by atoms with Crippen LogP contribution in [0.25, 0.3) is 0 Å². The summed E-state index contributed by atoms with van der Waals surface area (Å²) in [6, 6.07) is 0. The van der Waals surface area contributed by atoms with Gasteiger partial charge in [-0.2, -0.15) is 0 Å². The molecular weight excluding hydrogens is 925 g/mol. The molecule has 0 N–H and O–H groups in total. The first-order valence-corrected chi connectivity index (χ1v) is 31.4. The minimum absolute atomic E-state index is 0.104. The molecule has 0 amide bonds. The maximum Gasteiger partial charge on any atom is 0.306 e. The Bertz CT molecular complexity index is 1520. The van der Waals surface area contributed by atoms with Crippen LogP contribution in [0.15, 0.2) is 109 Å². The molecule has 0 heterocycles. The minimum Gasteiger partial charge on any atom is -0.462 e. The molecule has 0 saturated carbocycles. The van der Waals surface area contributed by atoms with E-state index < -0.39 is 6.10 Å². The van der Waals surface area contributed by atoms with E-state index in [1.165, 1.54) is 128 Å². The number of carbonyl (C=O) groups is 3. The monoisotopic (exact) mass is 1040 g/mol. The largest absolute Gasteiger partial charge is 0.462 e. The molecule has 0 aromatic carbocycles. The van der Waals surface area contributed by atoms with Crippen LogP contribution in [0, 0.1) is 0 Å². The minimum atomic E-state index is -0.814. The van der Waals surface area contributed by atoms with Crippen LogP contribution in [-0.4, -0.2) is 37.2 Å². The Hall–Kier alpha value is -3.93. The van der Waals surface area contributed by atoms with Crippen LogP contribution in [-0.2, 0) is 28.6 Å². The summed E-state index contributed by atoms with van der Waals surface area (Å²) in [5.74, 6) is -0.973. The van der Waals surface area contributed by atoms with Crippen LogP contribution in [0.3, 0.4) is 0 Å². The van der Waals surface area contributed by atoms with Gasteiger partial charge in [0.2, 0.25) is 0 Å². The van der Waals surface area contributed by atoms with Gasteiger partial charge >= 0.3 is 17.9 Å². The van der Waals surface area contributed by atoms with E-state index >= 15 is 0 Å². The Morgan fingerprint density at radius 3 is 0.840 bits per heavy atom. The van der Waals surface area contributed by atoms with Crippen LogP contribution in [0.2, 0.25) is 0 Å². The number of rotatable bonds is 56. The van der Waals surface area contributed by atoms with Gasteiger partial charge in [-0.3, -0.25) is 14.4 Å². The molecule has 1 unspecified atom stereocenters. The number of unbranched alkanes of at least 4 members (excludes halogenated alkanes) is 27. The Morgan fingerprint density at radius 2 is 0.520 bits per heavy atom.